The maximum Gasteiger partial charge on any atom is -0.0181 e. The molecule has 1 atom stereocenters. The summed E-state index contributed by atoms with van der Waals surface area (Å²) in [5, 5.41) is 0. The van der Waals surface area contributed by atoms with Crippen molar-refractivity contribution in [3.05, 3.63) is 83.9 Å². The molecule has 3 aromatic carbocycles. The van der Waals surface area contributed by atoms with Crippen molar-refractivity contribution < 1.29 is 0 Å². The average molecular weight is 300 g/mol. The van der Waals surface area contributed by atoms with Crippen molar-refractivity contribution in [3.63, 3.8) is 0 Å². The van der Waals surface area contributed by atoms with Gasteiger partial charge < -0.3 is 0 Å². The first-order valence-corrected chi connectivity index (χ1v) is 8.45. The molecule has 0 nitrogen and oxygen atoms in total. The van der Waals surface area contributed by atoms with Gasteiger partial charge in [-0.3, -0.25) is 0 Å². The van der Waals surface area contributed by atoms with Gasteiger partial charge >= 0.3 is 0 Å². The summed E-state index contributed by atoms with van der Waals surface area (Å²) in [4.78, 5) is 0. The van der Waals surface area contributed by atoms with Crippen LogP contribution in [0.2, 0.25) is 0 Å². The van der Waals surface area contributed by atoms with Crippen molar-refractivity contribution in [1.82, 2.24) is 0 Å². The molecule has 23 heavy (non-hydrogen) atoms. The monoisotopic (exact) mass is 300 g/mol. The minimum Gasteiger partial charge on any atom is -0.0648 e. The fraction of sp³-hybridized carbons (Fsp3) is 0.217. The van der Waals surface area contributed by atoms with E-state index in [9.17, 15) is 0 Å². The molecule has 0 heterocycles. The summed E-state index contributed by atoms with van der Waals surface area (Å²) in [5.41, 5.74) is 7.98. The Balaban J connectivity index is 1.89. The number of rotatable bonds is 4. The number of hydrogen-bond acceptors (Lipinski definition) is 0. The minimum absolute atomic E-state index is 0.629. The van der Waals surface area contributed by atoms with E-state index in [1.807, 2.05) is 0 Å². The predicted molar refractivity (Wildman–Crippen MR) is 101 cm³/mol. The summed E-state index contributed by atoms with van der Waals surface area (Å²) in [5.74, 6) is 0.629. The SMILES string of the molecule is CCC(C)c1ccc(-c2ccc(-c3ccccc3)cc2)cc1C. The standard InChI is InChI=1S/C23H24/c1-4-17(2)23-15-14-22(16-18(23)3)21-12-10-20(11-13-21)19-8-6-5-7-9-19/h5-17H,4H2,1-3H3. The lowest BCUT2D eigenvalue weighted by atomic mass is 9.91. The lowest BCUT2D eigenvalue weighted by molar-refractivity contribution is 0.728. The van der Waals surface area contributed by atoms with Gasteiger partial charge in [0.25, 0.3) is 0 Å². The molecule has 0 aliphatic carbocycles. The van der Waals surface area contributed by atoms with E-state index in [4.69, 9.17) is 0 Å². The minimum atomic E-state index is 0.629. The Morgan fingerprint density at radius 3 is 1.78 bits per heavy atom. The molecule has 0 N–H and O–H groups in total. The van der Waals surface area contributed by atoms with Crippen molar-refractivity contribution in [2.45, 2.75) is 33.1 Å². The van der Waals surface area contributed by atoms with Gasteiger partial charge in [-0.25, -0.2) is 0 Å². The molecule has 116 valence electrons. The zero-order chi connectivity index (χ0) is 16.2. The van der Waals surface area contributed by atoms with Crippen LogP contribution in [0, 0.1) is 6.92 Å². The van der Waals surface area contributed by atoms with Crippen LogP contribution < -0.4 is 0 Å². The Kier molecular flexibility index (Phi) is 4.62. The second kappa shape index (κ2) is 6.83. The van der Waals surface area contributed by atoms with E-state index in [1.54, 1.807) is 0 Å². The van der Waals surface area contributed by atoms with E-state index in [2.05, 4.69) is 93.6 Å². The molecule has 0 amide bonds. The average Bonchev–Trinajstić information content (AvgIpc) is 2.62. The smallest absolute Gasteiger partial charge is 0.0181 e. The van der Waals surface area contributed by atoms with Gasteiger partial charge in [-0.05, 0) is 52.6 Å². The fourth-order valence-electron chi connectivity index (χ4n) is 3.11. The Bertz CT molecular complexity index is 767. The molecule has 0 spiro atoms. The van der Waals surface area contributed by atoms with Gasteiger partial charge in [-0.15, -0.1) is 0 Å². The first-order valence-electron chi connectivity index (χ1n) is 8.45. The van der Waals surface area contributed by atoms with Crippen LogP contribution in [0.1, 0.15) is 37.3 Å². The highest BCUT2D eigenvalue weighted by Gasteiger charge is 2.08. The number of aryl methyl sites for hydroxylation is 1. The van der Waals surface area contributed by atoms with Crippen LogP contribution >= 0.6 is 0 Å². The molecule has 0 saturated carbocycles. The Hall–Kier alpha value is -2.34. The quantitative estimate of drug-likeness (QED) is 0.494. The van der Waals surface area contributed by atoms with Crippen LogP contribution in [0.15, 0.2) is 72.8 Å². The second-order valence-corrected chi connectivity index (χ2v) is 6.32. The predicted octanol–water partition coefficient (Wildman–Crippen LogP) is 6.84. The zero-order valence-corrected chi connectivity index (χ0v) is 14.2. The molecule has 0 heteroatoms. The number of hydrogen-bond donors (Lipinski definition) is 0. The topological polar surface area (TPSA) is 0 Å². The van der Waals surface area contributed by atoms with Crippen molar-refractivity contribution in [2.24, 2.45) is 0 Å². The highest BCUT2D eigenvalue weighted by molar-refractivity contribution is 5.71. The highest BCUT2D eigenvalue weighted by atomic mass is 14.1. The molecule has 1 unspecified atom stereocenters. The summed E-state index contributed by atoms with van der Waals surface area (Å²) >= 11 is 0. The van der Waals surface area contributed by atoms with Gasteiger partial charge in [0.1, 0.15) is 0 Å². The van der Waals surface area contributed by atoms with Gasteiger partial charge in [-0.2, -0.15) is 0 Å². The van der Waals surface area contributed by atoms with Crippen molar-refractivity contribution in [3.8, 4) is 22.3 Å². The normalized spacial score (nSPS) is 12.1. The van der Waals surface area contributed by atoms with Gasteiger partial charge in [0, 0.05) is 0 Å². The molecule has 0 aromatic heterocycles. The largest absolute Gasteiger partial charge is 0.0648 e. The first-order chi connectivity index (χ1) is 11.2. The summed E-state index contributed by atoms with van der Waals surface area (Å²) in [6, 6.07) is 26.3. The van der Waals surface area contributed by atoms with Gasteiger partial charge in [-0.1, -0.05) is 86.6 Å². The molecule has 0 saturated heterocycles. The zero-order valence-electron chi connectivity index (χ0n) is 14.2. The third-order valence-electron chi connectivity index (χ3n) is 4.74. The van der Waals surface area contributed by atoms with E-state index in [-0.39, 0.29) is 0 Å². The summed E-state index contributed by atoms with van der Waals surface area (Å²) in [6.45, 7) is 6.78. The molecule has 0 fully saturated rings. The molecular weight excluding hydrogens is 276 g/mol. The molecule has 3 rings (SSSR count). The first kappa shape index (κ1) is 15.6. The van der Waals surface area contributed by atoms with Crippen molar-refractivity contribution in [1.29, 1.82) is 0 Å². The van der Waals surface area contributed by atoms with E-state index in [1.165, 1.54) is 39.8 Å². The van der Waals surface area contributed by atoms with E-state index < -0.39 is 0 Å². The summed E-state index contributed by atoms with van der Waals surface area (Å²) < 4.78 is 0. The van der Waals surface area contributed by atoms with Crippen molar-refractivity contribution >= 4 is 0 Å². The Labute approximate surface area is 139 Å². The maximum atomic E-state index is 2.32. The summed E-state index contributed by atoms with van der Waals surface area (Å²) in [7, 11) is 0. The lowest BCUT2D eigenvalue weighted by Gasteiger charge is -2.14. The third kappa shape index (κ3) is 3.37. The Morgan fingerprint density at radius 1 is 0.696 bits per heavy atom. The van der Waals surface area contributed by atoms with E-state index >= 15 is 0 Å². The van der Waals surface area contributed by atoms with Crippen LogP contribution in [0.3, 0.4) is 0 Å². The maximum absolute atomic E-state index is 2.32. The van der Waals surface area contributed by atoms with Crippen LogP contribution in [0.4, 0.5) is 0 Å². The van der Waals surface area contributed by atoms with E-state index in [0.29, 0.717) is 5.92 Å². The molecule has 0 bridgehead atoms. The fourth-order valence-corrected chi connectivity index (χ4v) is 3.11. The molecule has 0 aliphatic rings. The molecule has 3 aromatic rings. The molecule has 0 radical (unpaired) electrons. The highest BCUT2D eigenvalue weighted by Crippen LogP contribution is 2.29. The van der Waals surface area contributed by atoms with Gasteiger partial charge in [0.2, 0.25) is 0 Å². The van der Waals surface area contributed by atoms with Gasteiger partial charge in [0.15, 0.2) is 0 Å². The van der Waals surface area contributed by atoms with Gasteiger partial charge in [0.05, 0.1) is 0 Å². The second-order valence-electron chi connectivity index (χ2n) is 6.32. The summed E-state index contributed by atoms with van der Waals surface area (Å²) in [6.07, 6.45) is 1.19. The number of benzene rings is 3. The lowest BCUT2D eigenvalue weighted by Crippen LogP contribution is -1.95. The van der Waals surface area contributed by atoms with Crippen LogP contribution in [-0.2, 0) is 0 Å². The molecule has 0 aliphatic heterocycles. The van der Waals surface area contributed by atoms with Crippen LogP contribution in [0.5, 0.6) is 0 Å². The van der Waals surface area contributed by atoms with E-state index in [0.717, 1.165) is 0 Å². The van der Waals surface area contributed by atoms with Crippen molar-refractivity contribution in [2.75, 3.05) is 0 Å². The molecular formula is C23H24. The third-order valence-corrected chi connectivity index (χ3v) is 4.74. The Morgan fingerprint density at radius 2 is 1.22 bits per heavy atom. The van der Waals surface area contributed by atoms with Crippen LogP contribution in [-0.4, -0.2) is 0 Å². The van der Waals surface area contributed by atoms with Crippen LogP contribution in [0.25, 0.3) is 22.3 Å².